The van der Waals surface area contributed by atoms with Gasteiger partial charge in [-0.1, -0.05) is 18.2 Å². The first-order valence-electron chi connectivity index (χ1n) is 9.67. The summed E-state index contributed by atoms with van der Waals surface area (Å²) in [4.78, 5) is 34.7. The zero-order valence-corrected chi connectivity index (χ0v) is 16.5. The lowest BCUT2D eigenvalue weighted by Gasteiger charge is -2.49. The van der Waals surface area contributed by atoms with Gasteiger partial charge in [-0.15, -0.1) is 0 Å². The van der Waals surface area contributed by atoms with Crippen LogP contribution in [-0.2, 0) is 4.79 Å². The molecule has 0 aromatic heterocycles. The minimum Gasteiger partial charge on any atom is -0.593 e. The molecule has 1 saturated carbocycles. The van der Waals surface area contributed by atoms with E-state index in [2.05, 4.69) is 0 Å². The molecule has 4 rings (SSSR count). The Morgan fingerprint density at radius 1 is 1.23 bits per heavy atom. The van der Waals surface area contributed by atoms with Gasteiger partial charge in [0, 0.05) is 40.5 Å². The Kier molecular flexibility index (Phi) is 4.46. The molecule has 11 heteroatoms. The fourth-order valence-electron chi connectivity index (χ4n) is 5.75. The molecule has 1 N–H and O–H groups in total. The first kappa shape index (κ1) is 20.4. The van der Waals surface area contributed by atoms with Crippen LogP contribution < -0.4 is 0 Å². The van der Waals surface area contributed by atoms with Gasteiger partial charge in [-0.05, 0) is 25.5 Å². The Bertz CT molecular complexity index is 963. The second-order valence-electron chi connectivity index (χ2n) is 8.50. The van der Waals surface area contributed by atoms with Gasteiger partial charge in [-0.2, -0.15) is 4.81 Å². The normalized spacial score (nSPS) is 37.9. The third kappa shape index (κ3) is 2.59. The molecule has 6 atom stereocenters. The summed E-state index contributed by atoms with van der Waals surface area (Å²) >= 11 is 0. The molecular formula is C19H22N4O7. The van der Waals surface area contributed by atoms with Gasteiger partial charge in [0.25, 0.3) is 6.04 Å². The van der Waals surface area contributed by atoms with E-state index in [0.717, 1.165) is 0 Å². The topological polar surface area (TPSA) is 150 Å². The van der Waals surface area contributed by atoms with Crippen molar-refractivity contribution in [3.05, 3.63) is 66.9 Å². The lowest BCUT2D eigenvalue weighted by molar-refractivity contribution is -1.03. The number of nitrogens with zero attached hydrogens (tertiary/aromatic N) is 4. The minimum atomic E-state index is -2.01. The maximum Gasteiger partial charge on any atom is 0.268 e. The van der Waals surface area contributed by atoms with Crippen LogP contribution in [0.3, 0.4) is 0 Å². The molecule has 0 spiro atoms. The Balaban J connectivity index is 2.05. The van der Waals surface area contributed by atoms with Crippen molar-refractivity contribution in [1.82, 2.24) is 4.90 Å². The molecule has 2 fully saturated rings. The van der Waals surface area contributed by atoms with Crippen molar-refractivity contribution in [3.8, 4) is 0 Å². The summed E-state index contributed by atoms with van der Waals surface area (Å²) < 4.78 is 0. The Morgan fingerprint density at radius 2 is 1.87 bits per heavy atom. The van der Waals surface area contributed by atoms with E-state index in [1.807, 2.05) is 0 Å². The van der Waals surface area contributed by atoms with Crippen LogP contribution in [0.4, 0.5) is 0 Å². The number of likely N-dealkylation sites (tertiary alicyclic amines) is 1. The number of nitro groups is 2. The van der Waals surface area contributed by atoms with Gasteiger partial charge in [0.1, 0.15) is 5.41 Å². The van der Waals surface area contributed by atoms with Gasteiger partial charge in [0.05, 0.1) is 5.92 Å². The van der Waals surface area contributed by atoms with Crippen molar-refractivity contribution in [3.63, 3.8) is 0 Å². The molecule has 1 aromatic carbocycles. The fourth-order valence-corrected chi connectivity index (χ4v) is 5.75. The molecule has 3 unspecified atom stereocenters. The number of carbonyl (C=O) groups is 1. The minimum absolute atomic E-state index is 0.0283. The Hall–Kier alpha value is -2.89. The van der Waals surface area contributed by atoms with Crippen molar-refractivity contribution in [2.75, 3.05) is 13.6 Å². The molecule has 1 aliphatic carbocycles. The van der Waals surface area contributed by atoms with E-state index in [4.69, 9.17) is 0 Å². The van der Waals surface area contributed by atoms with Crippen molar-refractivity contribution in [2.45, 2.75) is 37.9 Å². The highest BCUT2D eigenvalue weighted by Gasteiger charge is 2.71. The molecule has 2 heterocycles. The Labute approximate surface area is 171 Å². The lowest BCUT2D eigenvalue weighted by atomic mass is 9.63. The van der Waals surface area contributed by atoms with Crippen LogP contribution in [0.5, 0.6) is 0 Å². The molecule has 3 aliphatic rings. The van der Waals surface area contributed by atoms with Crippen LogP contribution in [0.15, 0.2) is 35.9 Å². The molecule has 2 aliphatic heterocycles. The van der Waals surface area contributed by atoms with Gasteiger partial charge in [0.2, 0.25) is 12.5 Å². The summed E-state index contributed by atoms with van der Waals surface area (Å²) in [6, 6.07) is 4.83. The average molecular weight is 418 g/mol. The van der Waals surface area contributed by atoms with Crippen LogP contribution in [0.2, 0.25) is 0 Å². The van der Waals surface area contributed by atoms with Crippen LogP contribution in [0.1, 0.15) is 25.3 Å². The molecular weight excluding hydrogens is 396 g/mol. The van der Waals surface area contributed by atoms with Crippen LogP contribution in [-0.4, -0.2) is 62.4 Å². The van der Waals surface area contributed by atoms with Gasteiger partial charge in [-0.3, -0.25) is 25.0 Å². The first-order valence-corrected chi connectivity index (χ1v) is 9.67. The van der Waals surface area contributed by atoms with E-state index in [1.165, 1.54) is 18.9 Å². The van der Waals surface area contributed by atoms with E-state index < -0.39 is 56.6 Å². The SMILES string of the molecule is CN1C(=O)[C@](C)(C[N+](=O)[O-])C2=C(c3ccccc3)[N@+]([O-])(O)C3C2C1CC[C@H]3[N+](=O)[O-]. The van der Waals surface area contributed by atoms with Crippen LogP contribution in [0.25, 0.3) is 5.70 Å². The highest BCUT2D eigenvalue weighted by atomic mass is 16.8. The number of piperidine rings is 1. The quantitative estimate of drug-likeness (QED) is 0.338. The molecule has 1 saturated heterocycles. The molecule has 1 amide bonds. The first-order chi connectivity index (χ1) is 14.0. The highest BCUT2D eigenvalue weighted by Crippen LogP contribution is 2.59. The van der Waals surface area contributed by atoms with Crippen molar-refractivity contribution >= 4 is 11.6 Å². The predicted molar refractivity (Wildman–Crippen MR) is 103 cm³/mol. The summed E-state index contributed by atoms with van der Waals surface area (Å²) in [5.41, 5.74) is -1.43. The fraction of sp³-hybridized carbons (Fsp3) is 0.526. The summed E-state index contributed by atoms with van der Waals surface area (Å²) in [5, 5.41) is 48.1. The highest BCUT2D eigenvalue weighted by molar-refractivity contribution is 5.91. The molecule has 1 aromatic rings. The van der Waals surface area contributed by atoms with Gasteiger partial charge in [0.15, 0.2) is 11.7 Å². The zero-order valence-electron chi connectivity index (χ0n) is 16.5. The standard InChI is InChI=1S/C19H22N4O7/c1-19(10-21(25)26)15-14-12(20(2)18(19)24)8-9-13(22(27)28)17(14)23(29,30)16(15)11-6-4-3-5-7-11/h3-7,12-14,17,29H,8-10H2,1-2H3/t12?,13-,14?,17?,19-/m1/s1. The monoisotopic (exact) mass is 418 g/mol. The number of amides is 1. The number of rotatable bonds is 4. The summed E-state index contributed by atoms with van der Waals surface area (Å²) in [6.45, 7) is 0.613. The van der Waals surface area contributed by atoms with Gasteiger partial charge < -0.3 is 10.1 Å². The summed E-state index contributed by atoms with van der Waals surface area (Å²) in [5.74, 6) is -1.37. The zero-order chi connectivity index (χ0) is 22.0. The number of quaternary nitrogens is 1. The lowest BCUT2D eigenvalue weighted by Crippen LogP contribution is -2.66. The van der Waals surface area contributed by atoms with E-state index in [9.17, 15) is 35.4 Å². The van der Waals surface area contributed by atoms with Crippen molar-refractivity contribution < 1.29 is 24.7 Å². The summed E-state index contributed by atoms with van der Waals surface area (Å²) in [6.07, 6.45) is 0.301. The number of carbonyl (C=O) groups excluding carboxylic acids is 1. The van der Waals surface area contributed by atoms with E-state index in [1.54, 1.807) is 30.3 Å². The number of hydroxylamine groups is 4. The second kappa shape index (κ2) is 6.56. The molecule has 11 nitrogen and oxygen atoms in total. The van der Waals surface area contributed by atoms with Crippen LogP contribution >= 0.6 is 0 Å². The average Bonchev–Trinajstić information content (AvgIpc) is 2.93. The second-order valence-corrected chi connectivity index (χ2v) is 8.50. The molecule has 160 valence electrons. The summed E-state index contributed by atoms with van der Waals surface area (Å²) in [7, 11) is 1.50. The van der Waals surface area contributed by atoms with Crippen LogP contribution in [0, 0.1) is 36.8 Å². The maximum atomic E-state index is 13.7. The maximum absolute atomic E-state index is 13.7. The number of hydrogen-bond donors (Lipinski definition) is 1. The van der Waals surface area contributed by atoms with Crippen molar-refractivity contribution in [2.24, 2.45) is 11.3 Å². The van der Waals surface area contributed by atoms with Crippen molar-refractivity contribution in [1.29, 1.82) is 0 Å². The Morgan fingerprint density at radius 3 is 2.43 bits per heavy atom. The third-order valence-electron chi connectivity index (χ3n) is 6.90. The smallest absolute Gasteiger partial charge is 0.268 e. The van der Waals surface area contributed by atoms with E-state index >= 15 is 0 Å². The number of hydrogen-bond acceptors (Lipinski definition) is 7. The third-order valence-corrected chi connectivity index (χ3v) is 6.90. The van der Waals surface area contributed by atoms with E-state index in [-0.39, 0.29) is 24.1 Å². The van der Waals surface area contributed by atoms with Gasteiger partial charge in [-0.25, -0.2) is 5.21 Å². The van der Waals surface area contributed by atoms with Gasteiger partial charge >= 0.3 is 0 Å². The molecule has 30 heavy (non-hydrogen) atoms. The molecule has 0 bridgehead atoms. The number of benzene rings is 1. The van der Waals surface area contributed by atoms with E-state index in [0.29, 0.717) is 5.56 Å². The molecule has 0 radical (unpaired) electrons. The largest absolute Gasteiger partial charge is 0.593 e. The predicted octanol–water partition coefficient (Wildman–Crippen LogP) is 1.66.